The maximum Gasteiger partial charge on any atom is 0.407 e. The Kier molecular flexibility index (Phi) is 5.62. The number of carbonyl (C=O) groups excluding carboxylic acids is 1. The maximum absolute atomic E-state index is 11.4. The van der Waals surface area contributed by atoms with Crippen LogP contribution in [0.3, 0.4) is 0 Å². The average molecular weight is 415 g/mol. The van der Waals surface area contributed by atoms with E-state index in [9.17, 15) is 4.79 Å². The second-order valence-electron chi connectivity index (χ2n) is 7.50. The van der Waals surface area contributed by atoms with Crippen LogP contribution < -0.4 is 15.4 Å². The number of benzene rings is 3. The van der Waals surface area contributed by atoms with Crippen molar-refractivity contribution in [1.29, 1.82) is 0 Å². The topological polar surface area (TPSA) is 72.5 Å². The minimum atomic E-state index is -0.456. The van der Waals surface area contributed by atoms with E-state index in [-0.39, 0.29) is 6.61 Å². The molecular formula is C25H25N3O3. The number of fused-ring (bicyclic) bond motifs is 2. The monoisotopic (exact) mass is 415 g/mol. The fourth-order valence-corrected chi connectivity index (χ4v) is 3.64. The predicted octanol–water partition coefficient (Wildman–Crippen LogP) is 5.61. The van der Waals surface area contributed by atoms with Gasteiger partial charge in [-0.1, -0.05) is 24.3 Å². The lowest BCUT2D eigenvalue weighted by Crippen LogP contribution is -2.18. The fourth-order valence-electron chi connectivity index (χ4n) is 3.64. The molecule has 0 saturated carbocycles. The maximum atomic E-state index is 11.4. The quantitative estimate of drug-likeness (QED) is 0.414. The minimum Gasteiger partial charge on any atom is -0.496 e. The standard InChI is InChI=1S/C25H25N3O3/c1-15-8-9-19-21(10-15)28-22-11-16(2)23(30-4)13-20(22)24(19)27-18-7-5-6-17(12-18)14-31-25(29)26-3/h5-13H,14H2,1-4H3,(H,26,29)(H,27,28). The molecule has 4 rings (SSSR count). The molecule has 4 aromatic rings. The van der Waals surface area contributed by atoms with Gasteiger partial charge in [0.1, 0.15) is 12.4 Å². The summed E-state index contributed by atoms with van der Waals surface area (Å²) in [6, 6.07) is 18.2. The van der Waals surface area contributed by atoms with Gasteiger partial charge in [-0.2, -0.15) is 0 Å². The van der Waals surface area contributed by atoms with Crippen molar-refractivity contribution >= 4 is 39.3 Å². The number of pyridine rings is 1. The van der Waals surface area contributed by atoms with Crippen LogP contribution in [0.25, 0.3) is 21.8 Å². The van der Waals surface area contributed by atoms with Gasteiger partial charge >= 0.3 is 6.09 Å². The lowest BCUT2D eigenvalue weighted by molar-refractivity contribution is 0.142. The van der Waals surface area contributed by atoms with Crippen molar-refractivity contribution in [1.82, 2.24) is 10.3 Å². The second-order valence-corrected chi connectivity index (χ2v) is 7.50. The Morgan fingerprint density at radius 3 is 2.58 bits per heavy atom. The molecule has 6 heteroatoms. The van der Waals surface area contributed by atoms with E-state index in [1.807, 2.05) is 37.3 Å². The molecule has 0 unspecified atom stereocenters. The van der Waals surface area contributed by atoms with E-state index in [2.05, 4.69) is 41.8 Å². The van der Waals surface area contributed by atoms with E-state index in [4.69, 9.17) is 14.5 Å². The third kappa shape index (κ3) is 4.23. The number of hydrogen-bond acceptors (Lipinski definition) is 5. The number of nitrogens with one attached hydrogen (secondary N) is 2. The van der Waals surface area contributed by atoms with Gasteiger partial charge < -0.3 is 20.1 Å². The Morgan fingerprint density at radius 2 is 1.81 bits per heavy atom. The summed E-state index contributed by atoms with van der Waals surface area (Å²) in [5.74, 6) is 0.816. The molecule has 0 aliphatic carbocycles. The number of aryl methyl sites for hydroxylation is 2. The molecule has 1 amide bonds. The van der Waals surface area contributed by atoms with Gasteiger partial charge in [0.2, 0.25) is 0 Å². The number of methoxy groups -OCH3 is 1. The van der Waals surface area contributed by atoms with Gasteiger partial charge in [0, 0.05) is 23.5 Å². The summed E-state index contributed by atoms with van der Waals surface area (Å²) in [5, 5.41) is 8.03. The number of nitrogens with zero attached hydrogens (tertiary/aromatic N) is 1. The number of amides is 1. The van der Waals surface area contributed by atoms with Crippen LogP contribution in [0.4, 0.5) is 16.2 Å². The molecule has 0 atom stereocenters. The lowest BCUT2D eigenvalue weighted by Gasteiger charge is -2.16. The molecule has 1 heterocycles. The van der Waals surface area contributed by atoms with Gasteiger partial charge in [-0.25, -0.2) is 9.78 Å². The Balaban J connectivity index is 1.82. The van der Waals surface area contributed by atoms with Gasteiger partial charge in [-0.3, -0.25) is 0 Å². The SMILES string of the molecule is CNC(=O)OCc1cccc(Nc2c3ccc(C)cc3nc3cc(C)c(OC)cc23)c1. The highest BCUT2D eigenvalue weighted by molar-refractivity contribution is 6.09. The molecule has 31 heavy (non-hydrogen) atoms. The molecule has 1 aromatic heterocycles. The third-order valence-corrected chi connectivity index (χ3v) is 5.22. The summed E-state index contributed by atoms with van der Waals surface area (Å²) < 4.78 is 10.7. The molecule has 0 radical (unpaired) electrons. The molecule has 2 N–H and O–H groups in total. The zero-order valence-electron chi connectivity index (χ0n) is 18.1. The number of hydrogen-bond donors (Lipinski definition) is 2. The first kappa shape index (κ1) is 20.5. The zero-order valence-corrected chi connectivity index (χ0v) is 18.1. The molecule has 0 saturated heterocycles. The van der Waals surface area contributed by atoms with Crippen LogP contribution in [0.15, 0.2) is 54.6 Å². The average Bonchev–Trinajstić information content (AvgIpc) is 2.77. The number of rotatable bonds is 5. The van der Waals surface area contributed by atoms with Crippen LogP contribution in [-0.2, 0) is 11.3 Å². The van der Waals surface area contributed by atoms with Crippen molar-refractivity contribution < 1.29 is 14.3 Å². The number of ether oxygens (including phenoxy) is 2. The summed E-state index contributed by atoms with van der Waals surface area (Å²) in [4.78, 5) is 16.3. The molecule has 3 aromatic carbocycles. The number of anilines is 2. The molecule has 0 spiro atoms. The minimum absolute atomic E-state index is 0.194. The van der Waals surface area contributed by atoms with Crippen LogP contribution >= 0.6 is 0 Å². The molecule has 0 aliphatic heterocycles. The first-order valence-corrected chi connectivity index (χ1v) is 10.1. The lowest BCUT2D eigenvalue weighted by atomic mass is 10.0. The van der Waals surface area contributed by atoms with Gasteiger partial charge in [0.05, 0.1) is 23.8 Å². The predicted molar refractivity (Wildman–Crippen MR) is 124 cm³/mol. The van der Waals surface area contributed by atoms with Gasteiger partial charge in [0.25, 0.3) is 0 Å². The van der Waals surface area contributed by atoms with Crippen LogP contribution in [0.2, 0.25) is 0 Å². The zero-order chi connectivity index (χ0) is 22.0. The number of aromatic nitrogens is 1. The molecule has 0 bridgehead atoms. The van der Waals surface area contributed by atoms with Crippen molar-refractivity contribution in [2.75, 3.05) is 19.5 Å². The highest BCUT2D eigenvalue weighted by atomic mass is 16.5. The van der Waals surface area contributed by atoms with Crippen molar-refractivity contribution in [3.8, 4) is 5.75 Å². The van der Waals surface area contributed by atoms with Crippen molar-refractivity contribution in [3.05, 3.63) is 71.3 Å². The van der Waals surface area contributed by atoms with E-state index in [1.54, 1.807) is 7.11 Å². The molecule has 158 valence electrons. The Labute approximate surface area is 181 Å². The van der Waals surface area contributed by atoms with Gasteiger partial charge in [-0.05, 0) is 60.9 Å². The van der Waals surface area contributed by atoms with Gasteiger partial charge in [-0.15, -0.1) is 0 Å². The van der Waals surface area contributed by atoms with E-state index in [1.165, 1.54) is 7.05 Å². The van der Waals surface area contributed by atoms with Crippen LogP contribution in [0.1, 0.15) is 16.7 Å². The van der Waals surface area contributed by atoms with E-state index < -0.39 is 6.09 Å². The number of alkyl carbamates (subject to hydrolysis) is 1. The summed E-state index contributed by atoms with van der Waals surface area (Å²) >= 11 is 0. The van der Waals surface area contributed by atoms with E-state index in [0.717, 1.165) is 55.6 Å². The molecular weight excluding hydrogens is 390 g/mol. The fraction of sp³-hybridized carbons (Fsp3) is 0.200. The van der Waals surface area contributed by atoms with Crippen molar-refractivity contribution in [2.45, 2.75) is 20.5 Å². The highest BCUT2D eigenvalue weighted by Crippen LogP contribution is 2.36. The molecule has 6 nitrogen and oxygen atoms in total. The largest absolute Gasteiger partial charge is 0.496 e. The highest BCUT2D eigenvalue weighted by Gasteiger charge is 2.13. The van der Waals surface area contributed by atoms with Crippen molar-refractivity contribution in [3.63, 3.8) is 0 Å². The number of carbonyl (C=O) groups is 1. The molecule has 0 aliphatic rings. The Hall–Kier alpha value is -3.80. The summed E-state index contributed by atoms with van der Waals surface area (Å²) in [5.41, 5.74) is 6.77. The van der Waals surface area contributed by atoms with Crippen LogP contribution in [-0.4, -0.2) is 25.2 Å². The summed E-state index contributed by atoms with van der Waals surface area (Å²) in [7, 11) is 3.21. The third-order valence-electron chi connectivity index (χ3n) is 5.22. The van der Waals surface area contributed by atoms with Crippen LogP contribution in [0, 0.1) is 13.8 Å². The summed E-state index contributed by atoms with van der Waals surface area (Å²) in [6.45, 7) is 4.27. The van der Waals surface area contributed by atoms with E-state index >= 15 is 0 Å². The van der Waals surface area contributed by atoms with Gasteiger partial charge in [0.15, 0.2) is 0 Å². The van der Waals surface area contributed by atoms with Crippen molar-refractivity contribution in [2.24, 2.45) is 0 Å². The normalized spacial score (nSPS) is 10.8. The first-order valence-electron chi connectivity index (χ1n) is 10.1. The second kappa shape index (κ2) is 8.52. The first-order chi connectivity index (χ1) is 15.0. The smallest absolute Gasteiger partial charge is 0.407 e. The Bertz CT molecular complexity index is 1280. The van der Waals surface area contributed by atoms with Crippen LogP contribution in [0.5, 0.6) is 5.75 Å². The Morgan fingerprint density at radius 1 is 1.00 bits per heavy atom. The summed E-state index contributed by atoms with van der Waals surface area (Å²) in [6.07, 6.45) is -0.456. The molecule has 0 fully saturated rings. The van der Waals surface area contributed by atoms with E-state index in [0.29, 0.717) is 0 Å².